The number of benzene rings is 1. The van der Waals surface area contributed by atoms with Gasteiger partial charge in [0, 0.05) is 24.4 Å². The summed E-state index contributed by atoms with van der Waals surface area (Å²) in [5.41, 5.74) is -0.662. The maximum Gasteiger partial charge on any atom is 0.418 e. The second-order valence-corrected chi connectivity index (χ2v) is 6.78. The summed E-state index contributed by atoms with van der Waals surface area (Å²) in [6.07, 6.45) is -1.09. The van der Waals surface area contributed by atoms with Crippen LogP contribution in [0.15, 0.2) is 47.1 Å². The van der Waals surface area contributed by atoms with Crippen molar-refractivity contribution in [3.63, 3.8) is 0 Å². The normalized spacial score (nSPS) is 11.7. The van der Waals surface area contributed by atoms with Crippen LogP contribution < -0.4 is 10.6 Å². The third-order valence-electron chi connectivity index (χ3n) is 4.18. The van der Waals surface area contributed by atoms with Crippen LogP contribution in [0.4, 0.5) is 24.5 Å². The fourth-order valence-electron chi connectivity index (χ4n) is 2.74. The lowest BCUT2D eigenvalue weighted by atomic mass is 10.1. The maximum atomic E-state index is 13.5. The Morgan fingerprint density at radius 2 is 1.97 bits per heavy atom. The van der Waals surface area contributed by atoms with Gasteiger partial charge in [0.25, 0.3) is 5.91 Å². The van der Waals surface area contributed by atoms with E-state index in [0.717, 1.165) is 18.2 Å². The monoisotopic (exact) mass is 452 g/mol. The highest BCUT2D eigenvalue weighted by atomic mass is 35.5. The van der Waals surface area contributed by atoms with Gasteiger partial charge in [-0.2, -0.15) is 18.3 Å². The van der Waals surface area contributed by atoms with Gasteiger partial charge >= 0.3 is 6.18 Å². The summed E-state index contributed by atoms with van der Waals surface area (Å²) >= 11 is 6.07. The third kappa shape index (κ3) is 5.15. The molecule has 0 aliphatic carbocycles. The number of halogens is 4. The van der Waals surface area contributed by atoms with Crippen molar-refractivity contribution in [2.75, 3.05) is 10.6 Å². The first-order chi connectivity index (χ1) is 14.6. The molecular weight excluding hydrogens is 437 g/mol. The minimum Gasteiger partial charge on any atom is -0.459 e. The van der Waals surface area contributed by atoms with Crippen LogP contribution in [-0.2, 0) is 18.0 Å². The summed E-state index contributed by atoms with van der Waals surface area (Å²) in [6, 6.07) is 5.86. The largest absolute Gasteiger partial charge is 0.459 e. The number of carbonyl (C=O) groups excluding carboxylic acids is 2. The molecule has 0 saturated carbocycles. The summed E-state index contributed by atoms with van der Waals surface area (Å²) < 4.78 is 46.9. The highest BCUT2D eigenvalue weighted by molar-refractivity contribution is 6.31. The number of rotatable bonds is 5. The molecule has 0 spiro atoms. The smallest absolute Gasteiger partial charge is 0.418 e. The van der Waals surface area contributed by atoms with Crippen LogP contribution in [0.3, 0.4) is 0 Å². The van der Waals surface area contributed by atoms with E-state index in [0.29, 0.717) is 11.3 Å². The number of anilines is 2. The highest BCUT2D eigenvalue weighted by Crippen LogP contribution is 2.36. The second kappa shape index (κ2) is 8.68. The van der Waals surface area contributed by atoms with Crippen LogP contribution >= 0.6 is 11.6 Å². The van der Waals surface area contributed by atoms with E-state index in [1.165, 1.54) is 35.2 Å². The minimum absolute atomic E-state index is 0.0552. The lowest BCUT2D eigenvalue weighted by Crippen LogP contribution is -2.16. The molecule has 0 aliphatic heterocycles. The Hall–Kier alpha value is -3.53. The van der Waals surface area contributed by atoms with E-state index >= 15 is 0 Å². The molecule has 2 amide bonds. The average Bonchev–Trinajstić information content (AvgIpc) is 3.30. The first-order valence-corrected chi connectivity index (χ1v) is 9.18. The quantitative estimate of drug-likeness (QED) is 0.539. The lowest BCUT2D eigenvalue weighted by molar-refractivity contribution is -0.136. The van der Waals surface area contributed by atoms with Crippen molar-refractivity contribution in [3.8, 4) is 0 Å². The molecule has 3 rings (SSSR count). The number of aromatic nitrogens is 2. The van der Waals surface area contributed by atoms with E-state index in [4.69, 9.17) is 16.0 Å². The number of nitrogens with zero attached hydrogens (tertiary/aromatic N) is 2. The Labute approximate surface area is 179 Å². The number of furan rings is 1. The zero-order valence-electron chi connectivity index (χ0n) is 16.2. The van der Waals surface area contributed by atoms with Crippen molar-refractivity contribution in [2.24, 2.45) is 7.05 Å². The number of carbonyl (C=O) groups is 2. The van der Waals surface area contributed by atoms with Crippen molar-refractivity contribution in [3.05, 3.63) is 70.4 Å². The Kier molecular flexibility index (Phi) is 6.21. The number of amides is 2. The minimum atomic E-state index is -4.78. The number of alkyl halides is 3. The van der Waals surface area contributed by atoms with Gasteiger partial charge in [0.15, 0.2) is 5.76 Å². The van der Waals surface area contributed by atoms with E-state index in [9.17, 15) is 22.8 Å². The molecule has 0 atom stereocenters. The van der Waals surface area contributed by atoms with E-state index in [1.54, 1.807) is 14.0 Å². The van der Waals surface area contributed by atoms with Gasteiger partial charge in [-0.3, -0.25) is 14.3 Å². The van der Waals surface area contributed by atoms with Crippen molar-refractivity contribution in [1.29, 1.82) is 0 Å². The molecule has 0 unspecified atom stereocenters. The lowest BCUT2D eigenvalue weighted by Gasteiger charge is -2.15. The molecular formula is C20H16ClF3N4O3. The topological polar surface area (TPSA) is 89.2 Å². The Morgan fingerprint density at radius 1 is 1.23 bits per heavy atom. The predicted molar refractivity (Wildman–Crippen MR) is 109 cm³/mol. The fraction of sp³-hybridized carbons (Fsp3) is 0.150. The van der Waals surface area contributed by atoms with Gasteiger partial charge in [-0.25, -0.2) is 0 Å². The van der Waals surface area contributed by atoms with Gasteiger partial charge < -0.3 is 15.1 Å². The van der Waals surface area contributed by atoms with Crippen molar-refractivity contribution < 1.29 is 27.2 Å². The SMILES string of the molecule is Cc1nn(C)c(Cl)c1/C=C/C(=O)Nc1ccc(NC(=O)c2ccco2)cc1C(F)(F)F. The first kappa shape index (κ1) is 22.2. The van der Waals surface area contributed by atoms with Crippen LogP contribution in [-0.4, -0.2) is 21.6 Å². The molecule has 2 N–H and O–H groups in total. The molecule has 31 heavy (non-hydrogen) atoms. The van der Waals surface area contributed by atoms with Crippen LogP contribution in [0.25, 0.3) is 6.08 Å². The van der Waals surface area contributed by atoms with Gasteiger partial charge in [-0.05, 0) is 43.3 Å². The number of aryl methyl sites for hydroxylation is 2. The number of hydrogen-bond donors (Lipinski definition) is 2. The second-order valence-electron chi connectivity index (χ2n) is 6.43. The van der Waals surface area contributed by atoms with Gasteiger partial charge in [0.2, 0.25) is 5.91 Å². The molecule has 1 aromatic carbocycles. The summed E-state index contributed by atoms with van der Waals surface area (Å²) in [6.45, 7) is 1.68. The zero-order valence-corrected chi connectivity index (χ0v) is 17.0. The molecule has 0 saturated heterocycles. The molecule has 0 fully saturated rings. The van der Waals surface area contributed by atoms with Crippen LogP contribution in [0.1, 0.15) is 27.4 Å². The van der Waals surface area contributed by atoms with Crippen molar-refractivity contribution in [2.45, 2.75) is 13.1 Å². The predicted octanol–water partition coefficient (Wildman–Crippen LogP) is 4.90. The highest BCUT2D eigenvalue weighted by Gasteiger charge is 2.34. The average molecular weight is 453 g/mol. The van der Waals surface area contributed by atoms with Gasteiger partial charge in [0.05, 0.1) is 23.2 Å². The molecule has 3 aromatic rings. The summed E-state index contributed by atoms with van der Waals surface area (Å²) in [5, 5.41) is 8.88. The Morgan fingerprint density at radius 3 is 2.55 bits per heavy atom. The summed E-state index contributed by atoms with van der Waals surface area (Å²) in [4.78, 5) is 24.2. The molecule has 7 nitrogen and oxygen atoms in total. The van der Waals surface area contributed by atoms with Gasteiger partial charge in [0.1, 0.15) is 5.15 Å². The van der Waals surface area contributed by atoms with Crippen LogP contribution in [0.2, 0.25) is 5.15 Å². The Balaban J connectivity index is 1.80. The van der Waals surface area contributed by atoms with E-state index in [1.807, 2.05) is 0 Å². The van der Waals surface area contributed by atoms with Crippen molar-refractivity contribution in [1.82, 2.24) is 9.78 Å². The fourth-order valence-corrected chi connectivity index (χ4v) is 2.97. The van der Waals surface area contributed by atoms with Gasteiger partial charge in [-0.15, -0.1) is 0 Å². The molecule has 162 valence electrons. The molecule has 0 bridgehead atoms. The molecule has 11 heteroatoms. The van der Waals surface area contributed by atoms with Crippen LogP contribution in [0, 0.1) is 6.92 Å². The summed E-state index contributed by atoms with van der Waals surface area (Å²) in [5.74, 6) is -1.56. The number of hydrogen-bond acceptors (Lipinski definition) is 4. The van der Waals surface area contributed by atoms with Gasteiger partial charge in [-0.1, -0.05) is 11.6 Å². The van der Waals surface area contributed by atoms with Crippen molar-refractivity contribution >= 4 is 40.9 Å². The summed E-state index contributed by atoms with van der Waals surface area (Å²) in [7, 11) is 1.62. The molecule has 0 aliphatic rings. The van der Waals surface area contributed by atoms with Crippen LogP contribution in [0.5, 0.6) is 0 Å². The Bertz CT molecular complexity index is 1150. The standard InChI is InChI=1S/C20H16ClF3N4O3/c1-11-13(18(21)28(2)27-11)6-8-17(29)26-15-7-5-12(10-14(15)20(22,23)24)25-19(30)16-4-3-9-31-16/h3-10H,1-2H3,(H,25,30)(H,26,29)/b8-6+. The molecule has 2 heterocycles. The van der Waals surface area contributed by atoms with E-state index in [-0.39, 0.29) is 16.6 Å². The molecule has 0 radical (unpaired) electrons. The third-order valence-corrected chi connectivity index (χ3v) is 4.63. The number of nitrogens with one attached hydrogen (secondary N) is 2. The zero-order chi connectivity index (χ0) is 22.8. The van der Waals surface area contributed by atoms with E-state index in [2.05, 4.69) is 15.7 Å². The van der Waals surface area contributed by atoms with E-state index < -0.39 is 29.2 Å². The first-order valence-electron chi connectivity index (χ1n) is 8.80. The maximum absolute atomic E-state index is 13.5. The molecule has 2 aromatic heterocycles.